The molecule has 0 radical (unpaired) electrons. The van der Waals surface area contributed by atoms with Gasteiger partial charge in [0.05, 0.1) is 0 Å². The second-order valence-corrected chi connectivity index (χ2v) is 7.40. The molecule has 0 aliphatic carbocycles. The zero-order valence-corrected chi connectivity index (χ0v) is 17.7. The van der Waals surface area contributed by atoms with Crippen LogP contribution in [-0.4, -0.2) is 23.8 Å². The minimum Gasteiger partial charge on any atom is -0.348 e. The highest BCUT2D eigenvalue weighted by atomic mass is 16.2. The molecule has 0 unspecified atom stereocenters. The molecular weight excluding hydrogens is 398 g/mol. The Kier molecular flexibility index (Phi) is 6.37. The fourth-order valence-corrected chi connectivity index (χ4v) is 3.37. The minimum absolute atomic E-state index is 0.0556. The van der Waals surface area contributed by atoms with Gasteiger partial charge in [-0.3, -0.25) is 14.6 Å². The standard InChI is InChI=1S/C27H23N3O2/c1-30(27(32)24-7-3-2-4-8-24)25-15-13-22(14-16-25)21-9-11-23(12-10-21)26(31)29-19-20-6-5-17-28-18-20/h2-18H,19H2,1H3,(H,29,31). The Bertz CT molecular complexity index is 1190. The molecular formula is C27H23N3O2. The largest absolute Gasteiger partial charge is 0.348 e. The third-order valence-corrected chi connectivity index (χ3v) is 5.24. The number of carbonyl (C=O) groups excluding carboxylic acids is 2. The molecule has 2 amide bonds. The summed E-state index contributed by atoms with van der Waals surface area (Å²) in [7, 11) is 1.77. The topological polar surface area (TPSA) is 62.3 Å². The van der Waals surface area contributed by atoms with Crippen LogP contribution in [0.4, 0.5) is 5.69 Å². The summed E-state index contributed by atoms with van der Waals surface area (Å²) < 4.78 is 0. The number of nitrogens with zero attached hydrogens (tertiary/aromatic N) is 2. The highest BCUT2D eigenvalue weighted by Gasteiger charge is 2.13. The van der Waals surface area contributed by atoms with Gasteiger partial charge in [-0.1, -0.05) is 48.5 Å². The average Bonchev–Trinajstić information content (AvgIpc) is 2.88. The number of carbonyl (C=O) groups is 2. The lowest BCUT2D eigenvalue weighted by molar-refractivity contribution is 0.0949. The summed E-state index contributed by atoms with van der Waals surface area (Å²) in [5.41, 5.74) is 5.02. The van der Waals surface area contributed by atoms with Crippen molar-refractivity contribution >= 4 is 17.5 Å². The third kappa shape index (κ3) is 4.90. The number of benzene rings is 3. The Morgan fingerprint density at radius 1 is 0.781 bits per heavy atom. The summed E-state index contributed by atoms with van der Waals surface area (Å²) in [6.45, 7) is 0.436. The van der Waals surface area contributed by atoms with Crippen LogP contribution in [0.3, 0.4) is 0 Å². The molecule has 5 heteroatoms. The van der Waals surface area contributed by atoms with Gasteiger partial charge in [-0.25, -0.2) is 0 Å². The van der Waals surface area contributed by atoms with E-state index < -0.39 is 0 Å². The first-order valence-corrected chi connectivity index (χ1v) is 10.3. The van der Waals surface area contributed by atoms with E-state index in [1.165, 1.54) is 0 Å². The Labute approximate surface area is 187 Å². The van der Waals surface area contributed by atoms with Gasteiger partial charge in [0.25, 0.3) is 11.8 Å². The maximum atomic E-state index is 12.6. The summed E-state index contributed by atoms with van der Waals surface area (Å²) in [6.07, 6.45) is 3.44. The van der Waals surface area contributed by atoms with Gasteiger partial charge in [-0.05, 0) is 59.2 Å². The molecule has 1 N–H and O–H groups in total. The van der Waals surface area contributed by atoms with Crippen LogP contribution in [0.1, 0.15) is 26.3 Å². The van der Waals surface area contributed by atoms with Gasteiger partial charge in [-0.2, -0.15) is 0 Å². The molecule has 4 rings (SSSR count). The van der Waals surface area contributed by atoms with Crippen molar-refractivity contribution in [2.45, 2.75) is 6.54 Å². The molecule has 0 atom stereocenters. The van der Waals surface area contributed by atoms with Crippen LogP contribution in [-0.2, 0) is 6.54 Å². The first-order valence-electron chi connectivity index (χ1n) is 10.3. The number of amides is 2. The first kappa shape index (κ1) is 21.0. The number of aromatic nitrogens is 1. The molecule has 32 heavy (non-hydrogen) atoms. The molecule has 0 bridgehead atoms. The van der Waals surface area contributed by atoms with E-state index in [9.17, 15) is 9.59 Å². The van der Waals surface area contributed by atoms with E-state index in [1.54, 1.807) is 24.3 Å². The molecule has 0 aliphatic heterocycles. The number of hydrogen-bond acceptors (Lipinski definition) is 3. The maximum Gasteiger partial charge on any atom is 0.258 e. The van der Waals surface area contributed by atoms with E-state index in [2.05, 4.69) is 10.3 Å². The van der Waals surface area contributed by atoms with Crippen molar-refractivity contribution in [3.8, 4) is 11.1 Å². The molecule has 0 saturated heterocycles. The van der Waals surface area contributed by atoms with Crippen molar-refractivity contribution < 1.29 is 9.59 Å². The first-order chi connectivity index (χ1) is 15.6. The summed E-state index contributed by atoms with van der Waals surface area (Å²) in [5.74, 6) is -0.184. The molecule has 1 heterocycles. The summed E-state index contributed by atoms with van der Waals surface area (Å²) in [5, 5.41) is 2.90. The fourth-order valence-electron chi connectivity index (χ4n) is 3.37. The van der Waals surface area contributed by atoms with Crippen molar-refractivity contribution in [1.29, 1.82) is 0 Å². The van der Waals surface area contributed by atoms with Crippen molar-refractivity contribution in [1.82, 2.24) is 10.3 Å². The number of nitrogens with one attached hydrogen (secondary N) is 1. The van der Waals surface area contributed by atoms with E-state index in [4.69, 9.17) is 0 Å². The average molecular weight is 422 g/mol. The van der Waals surface area contributed by atoms with Crippen molar-refractivity contribution in [3.05, 3.63) is 120 Å². The van der Waals surface area contributed by atoms with Crippen LogP contribution < -0.4 is 10.2 Å². The molecule has 5 nitrogen and oxygen atoms in total. The van der Waals surface area contributed by atoms with Crippen molar-refractivity contribution in [2.24, 2.45) is 0 Å². The van der Waals surface area contributed by atoms with Crippen LogP contribution in [0.15, 0.2) is 103 Å². The highest BCUT2D eigenvalue weighted by molar-refractivity contribution is 6.05. The monoisotopic (exact) mass is 421 g/mol. The summed E-state index contributed by atoms with van der Waals surface area (Å²) in [6, 6.07) is 28.2. The predicted octanol–water partition coefficient (Wildman–Crippen LogP) is 4.96. The Hall–Kier alpha value is -4.25. The molecule has 0 saturated carbocycles. The fraction of sp³-hybridized carbons (Fsp3) is 0.0741. The van der Waals surface area contributed by atoms with Crippen LogP contribution in [0.25, 0.3) is 11.1 Å². The molecule has 0 spiro atoms. The van der Waals surface area contributed by atoms with Gasteiger partial charge in [0.2, 0.25) is 0 Å². The smallest absolute Gasteiger partial charge is 0.258 e. The zero-order chi connectivity index (χ0) is 22.3. The van der Waals surface area contributed by atoms with Crippen molar-refractivity contribution in [3.63, 3.8) is 0 Å². The lowest BCUT2D eigenvalue weighted by Crippen LogP contribution is -2.25. The lowest BCUT2D eigenvalue weighted by atomic mass is 10.0. The number of rotatable bonds is 6. The van der Waals surface area contributed by atoms with Crippen LogP contribution in [0.2, 0.25) is 0 Å². The number of pyridine rings is 1. The normalized spacial score (nSPS) is 10.4. The quantitative estimate of drug-likeness (QED) is 0.479. The number of hydrogen-bond donors (Lipinski definition) is 1. The Morgan fingerprint density at radius 2 is 1.44 bits per heavy atom. The van der Waals surface area contributed by atoms with Gasteiger partial charge >= 0.3 is 0 Å². The van der Waals surface area contributed by atoms with Gasteiger partial charge in [-0.15, -0.1) is 0 Å². The lowest BCUT2D eigenvalue weighted by Gasteiger charge is -2.18. The zero-order valence-electron chi connectivity index (χ0n) is 17.7. The van der Waals surface area contributed by atoms with Crippen LogP contribution in [0.5, 0.6) is 0 Å². The van der Waals surface area contributed by atoms with Gasteiger partial charge in [0.1, 0.15) is 0 Å². The van der Waals surface area contributed by atoms with E-state index >= 15 is 0 Å². The molecule has 158 valence electrons. The van der Waals surface area contributed by atoms with Gasteiger partial charge in [0, 0.05) is 42.8 Å². The molecule has 1 aromatic heterocycles. The molecule has 0 fully saturated rings. The van der Waals surface area contributed by atoms with Crippen LogP contribution in [0, 0.1) is 0 Å². The second kappa shape index (κ2) is 9.71. The number of anilines is 1. The van der Waals surface area contributed by atoms with Gasteiger partial charge in [0.15, 0.2) is 0 Å². The highest BCUT2D eigenvalue weighted by Crippen LogP contribution is 2.24. The summed E-state index contributed by atoms with van der Waals surface area (Å²) in [4.78, 5) is 30.7. The van der Waals surface area contributed by atoms with E-state index in [0.29, 0.717) is 17.7 Å². The minimum atomic E-state index is -0.128. The second-order valence-electron chi connectivity index (χ2n) is 7.40. The van der Waals surface area contributed by atoms with Gasteiger partial charge < -0.3 is 10.2 Å². The third-order valence-electron chi connectivity index (χ3n) is 5.24. The Morgan fingerprint density at radius 3 is 2.06 bits per heavy atom. The van der Waals surface area contributed by atoms with Crippen molar-refractivity contribution in [2.75, 3.05) is 11.9 Å². The SMILES string of the molecule is CN(C(=O)c1ccccc1)c1ccc(-c2ccc(C(=O)NCc3cccnc3)cc2)cc1. The summed E-state index contributed by atoms with van der Waals surface area (Å²) >= 11 is 0. The van der Waals surface area contributed by atoms with E-state index in [1.807, 2.05) is 91.0 Å². The predicted molar refractivity (Wildman–Crippen MR) is 126 cm³/mol. The Balaban J connectivity index is 1.41. The van der Waals surface area contributed by atoms with E-state index in [-0.39, 0.29) is 11.8 Å². The molecule has 4 aromatic rings. The molecule has 0 aliphatic rings. The molecule has 3 aromatic carbocycles. The van der Waals surface area contributed by atoms with E-state index in [0.717, 1.165) is 22.4 Å². The van der Waals surface area contributed by atoms with Crippen LogP contribution >= 0.6 is 0 Å². The maximum absolute atomic E-state index is 12.6.